The number of benzene rings is 2. The van der Waals surface area contributed by atoms with Crippen LogP contribution in [-0.4, -0.2) is 50.0 Å². The van der Waals surface area contributed by atoms with Gasteiger partial charge in [-0.15, -0.1) is 0 Å². The summed E-state index contributed by atoms with van der Waals surface area (Å²) in [5.41, 5.74) is 0.331. The minimum Gasteiger partial charge on any atom is -0.352 e. The minimum atomic E-state index is -4.69. The second-order valence-electron chi connectivity index (χ2n) is 9.07. The zero-order valence-corrected chi connectivity index (χ0v) is 22.5. The van der Waals surface area contributed by atoms with Gasteiger partial charge in [0.1, 0.15) is 12.6 Å². The van der Waals surface area contributed by atoms with Crippen molar-refractivity contribution in [2.45, 2.75) is 65.3 Å². The summed E-state index contributed by atoms with van der Waals surface area (Å²) in [6, 6.07) is 10.0. The molecule has 0 fully saturated rings. The number of hydrogen-bond donors (Lipinski definition) is 1. The van der Waals surface area contributed by atoms with E-state index in [1.807, 2.05) is 32.9 Å². The first kappa shape index (κ1) is 30.1. The van der Waals surface area contributed by atoms with Crippen LogP contribution in [0.15, 0.2) is 48.5 Å². The Morgan fingerprint density at radius 3 is 2.22 bits per heavy atom. The third kappa shape index (κ3) is 8.48. The number of anilines is 1. The SMILES string of the molecule is CCC(C)NC(=O)C(CC)N(Cc1cccc(C)c1)C(=O)CN(c1cccc(C(F)(F)F)c1)S(C)(=O)=O. The van der Waals surface area contributed by atoms with Crippen molar-refractivity contribution in [1.82, 2.24) is 10.2 Å². The molecule has 2 rings (SSSR count). The summed E-state index contributed by atoms with van der Waals surface area (Å²) < 4.78 is 65.7. The molecule has 2 atom stereocenters. The molecule has 0 aliphatic rings. The predicted molar refractivity (Wildman–Crippen MR) is 137 cm³/mol. The highest BCUT2D eigenvalue weighted by Gasteiger charge is 2.34. The molecule has 2 unspecified atom stereocenters. The molecule has 0 aliphatic carbocycles. The lowest BCUT2D eigenvalue weighted by Gasteiger charge is -2.33. The quantitative estimate of drug-likeness (QED) is 0.454. The van der Waals surface area contributed by atoms with Gasteiger partial charge in [0.15, 0.2) is 0 Å². The van der Waals surface area contributed by atoms with Crippen molar-refractivity contribution in [3.63, 3.8) is 0 Å². The lowest BCUT2D eigenvalue weighted by molar-refractivity contribution is -0.140. The summed E-state index contributed by atoms with van der Waals surface area (Å²) in [6.45, 7) is 6.60. The van der Waals surface area contributed by atoms with E-state index in [9.17, 15) is 31.2 Å². The van der Waals surface area contributed by atoms with Gasteiger partial charge < -0.3 is 10.2 Å². The number of amides is 2. The molecule has 0 saturated heterocycles. The second-order valence-corrected chi connectivity index (χ2v) is 11.0. The second kappa shape index (κ2) is 12.4. The van der Waals surface area contributed by atoms with Gasteiger partial charge in [-0.3, -0.25) is 13.9 Å². The summed E-state index contributed by atoms with van der Waals surface area (Å²) in [5.74, 6) is -1.10. The Morgan fingerprint density at radius 1 is 1.03 bits per heavy atom. The number of aryl methyl sites for hydroxylation is 1. The van der Waals surface area contributed by atoms with E-state index in [1.54, 1.807) is 19.1 Å². The molecule has 37 heavy (non-hydrogen) atoms. The topological polar surface area (TPSA) is 86.8 Å². The summed E-state index contributed by atoms with van der Waals surface area (Å²) in [5, 5.41) is 2.86. The van der Waals surface area contributed by atoms with E-state index in [4.69, 9.17) is 0 Å². The number of rotatable bonds is 11. The molecule has 2 amide bonds. The number of carbonyl (C=O) groups is 2. The molecular weight excluding hydrogens is 507 g/mol. The number of hydrogen-bond acceptors (Lipinski definition) is 4. The first-order valence-corrected chi connectivity index (χ1v) is 13.8. The lowest BCUT2D eigenvalue weighted by Crippen LogP contribution is -2.53. The fraction of sp³-hybridized carbons (Fsp3) is 0.462. The molecule has 0 heterocycles. The van der Waals surface area contributed by atoms with E-state index in [-0.39, 0.29) is 30.6 Å². The molecule has 0 radical (unpaired) electrons. The van der Waals surface area contributed by atoms with Crippen molar-refractivity contribution in [1.29, 1.82) is 0 Å². The van der Waals surface area contributed by atoms with Crippen LogP contribution in [0.4, 0.5) is 18.9 Å². The number of halogens is 3. The maximum absolute atomic E-state index is 13.6. The van der Waals surface area contributed by atoms with Gasteiger partial charge in [-0.2, -0.15) is 13.2 Å². The molecule has 204 valence electrons. The number of alkyl halides is 3. The summed E-state index contributed by atoms with van der Waals surface area (Å²) >= 11 is 0. The lowest BCUT2D eigenvalue weighted by atomic mass is 10.1. The summed E-state index contributed by atoms with van der Waals surface area (Å²) in [4.78, 5) is 28.0. The highest BCUT2D eigenvalue weighted by Crippen LogP contribution is 2.32. The van der Waals surface area contributed by atoms with Gasteiger partial charge in [-0.1, -0.05) is 49.7 Å². The molecule has 0 saturated carbocycles. The smallest absolute Gasteiger partial charge is 0.352 e. The first-order valence-electron chi connectivity index (χ1n) is 12.0. The molecule has 1 N–H and O–H groups in total. The van der Waals surface area contributed by atoms with E-state index in [1.165, 1.54) is 11.0 Å². The first-order chi connectivity index (χ1) is 17.2. The summed E-state index contributed by atoms with van der Waals surface area (Å²) in [6.07, 6.45) is -2.95. The largest absolute Gasteiger partial charge is 0.416 e. The van der Waals surface area contributed by atoms with Crippen LogP contribution in [0.1, 0.15) is 50.3 Å². The highest BCUT2D eigenvalue weighted by atomic mass is 32.2. The van der Waals surface area contributed by atoms with Gasteiger partial charge in [-0.25, -0.2) is 8.42 Å². The summed E-state index contributed by atoms with van der Waals surface area (Å²) in [7, 11) is -4.15. The van der Waals surface area contributed by atoms with E-state index < -0.39 is 40.3 Å². The zero-order chi connectivity index (χ0) is 28.0. The van der Waals surface area contributed by atoms with Crippen LogP contribution in [-0.2, 0) is 32.3 Å². The van der Waals surface area contributed by atoms with Gasteiger partial charge >= 0.3 is 6.18 Å². The molecule has 0 aromatic heterocycles. The van der Waals surface area contributed by atoms with Crippen LogP contribution in [0.2, 0.25) is 0 Å². The van der Waals surface area contributed by atoms with E-state index in [0.29, 0.717) is 16.8 Å². The average molecular weight is 542 g/mol. The number of carbonyl (C=O) groups excluding carboxylic acids is 2. The maximum atomic E-state index is 13.6. The van der Waals surface area contributed by atoms with Gasteiger partial charge in [0.2, 0.25) is 21.8 Å². The van der Waals surface area contributed by atoms with Crippen LogP contribution in [0.25, 0.3) is 0 Å². The standard InChI is InChI=1S/C26H34F3N3O4S/c1-6-19(4)30-25(34)23(7-2)31(16-20-11-8-10-18(3)14-20)24(33)17-32(37(5,35)36)22-13-9-12-21(15-22)26(27,28)29/h8-15,19,23H,6-7,16-17H2,1-5H3,(H,30,34). The van der Waals surface area contributed by atoms with Crippen LogP contribution < -0.4 is 9.62 Å². The van der Waals surface area contributed by atoms with Gasteiger partial charge in [-0.05, 0) is 50.5 Å². The van der Waals surface area contributed by atoms with Crippen molar-refractivity contribution in [2.75, 3.05) is 17.1 Å². The predicted octanol–water partition coefficient (Wildman–Crippen LogP) is 4.50. The average Bonchev–Trinajstić information content (AvgIpc) is 2.81. The van der Waals surface area contributed by atoms with Crippen molar-refractivity contribution in [3.05, 3.63) is 65.2 Å². The molecule has 7 nitrogen and oxygen atoms in total. The third-order valence-electron chi connectivity index (χ3n) is 5.96. The van der Waals surface area contributed by atoms with Gasteiger partial charge in [0.25, 0.3) is 0 Å². The van der Waals surface area contributed by atoms with Gasteiger partial charge in [0.05, 0.1) is 17.5 Å². The Hall–Kier alpha value is -3.08. The Labute approximate surface area is 216 Å². The zero-order valence-electron chi connectivity index (χ0n) is 21.7. The maximum Gasteiger partial charge on any atom is 0.416 e. The van der Waals surface area contributed by atoms with E-state index in [0.717, 1.165) is 29.5 Å². The van der Waals surface area contributed by atoms with Gasteiger partial charge in [0, 0.05) is 12.6 Å². The van der Waals surface area contributed by atoms with Crippen molar-refractivity contribution in [2.24, 2.45) is 0 Å². The van der Waals surface area contributed by atoms with Crippen LogP contribution >= 0.6 is 0 Å². The van der Waals surface area contributed by atoms with Crippen LogP contribution in [0.5, 0.6) is 0 Å². The minimum absolute atomic E-state index is 0.0210. The number of nitrogens with zero attached hydrogens (tertiary/aromatic N) is 2. The Bertz CT molecular complexity index is 1200. The molecule has 0 spiro atoms. The molecular formula is C26H34F3N3O4S. The highest BCUT2D eigenvalue weighted by molar-refractivity contribution is 7.92. The molecule has 11 heteroatoms. The van der Waals surface area contributed by atoms with Crippen molar-refractivity contribution in [3.8, 4) is 0 Å². The fourth-order valence-electron chi connectivity index (χ4n) is 3.82. The van der Waals surface area contributed by atoms with Crippen LogP contribution in [0.3, 0.4) is 0 Å². The number of nitrogens with one attached hydrogen (secondary N) is 1. The normalized spacial score (nSPS) is 13.5. The third-order valence-corrected chi connectivity index (χ3v) is 7.10. The van der Waals surface area contributed by atoms with Crippen LogP contribution in [0, 0.1) is 6.92 Å². The molecule has 2 aromatic carbocycles. The van der Waals surface area contributed by atoms with Crippen molar-refractivity contribution >= 4 is 27.5 Å². The molecule has 2 aromatic rings. The monoisotopic (exact) mass is 541 g/mol. The Balaban J connectivity index is 2.49. The van der Waals surface area contributed by atoms with Crippen molar-refractivity contribution < 1.29 is 31.2 Å². The Kier molecular flexibility index (Phi) is 10.1. The fourth-order valence-corrected chi connectivity index (χ4v) is 4.66. The molecule has 0 bridgehead atoms. The number of sulfonamides is 1. The van der Waals surface area contributed by atoms with E-state index in [2.05, 4.69) is 5.32 Å². The Morgan fingerprint density at radius 2 is 1.68 bits per heavy atom. The van der Waals surface area contributed by atoms with E-state index >= 15 is 0 Å². The molecule has 0 aliphatic heterocycles.